The van der Waals surface area contributed by atoms with Gasteiger partial charge in [0.25, 0.3) is 0 Å². The van der Waals surface area contributed by atoms with Crippen LogP contribution in [-0.4, -0.2) is 0 Å². The van der Waals surface area contributed by atoms with Gasteiger partial charge in [0.15, 0.2) is 0 Å². The van der Waals surface area contributed by atoms with Crippen molar-refractivity contribution in [3.63, 3.8) is 0 Å². The second-order valence-electron chi connectivity index (χ2n) is 6.65. The van der Waals surface area contributed by atoms with Gasteiger partial charge in [-0.1, -0.05) is 70.5 Å². The van der Waals surface area contributed by atoms with Gasteiger partial charge >= 0.3 is 0 Å². The summed E-state index contributed by atoms with van der Waals surface area (Å²) in [7, 11) is 0. The summed E-state index contributed by atoms with van der Waals surface area (Å²) in [4.78, 5) is 0. The first-order valence-corrected chi connectivity index (χ1v) is 9.66. The lowest BCUT2D eigenvalue weighted by molar-refractivity contribution is 0.571. The molecule has 5 rings (SSSR count). The topological polar surface area (TPSA) is 13.1 Å². The van der Waals surface area contributed by atoms with Gasteiger partial charge in [-0.25, -0.2) is 0 Å². The van der Waals surface area contributed by atoms with Crippen LogP contribution in [-0.2, 0) is 0 Å². The lowest BCUT2D eigenvalue weighted by Gasteiger charge is -2.06. The zero-order valence-corrected chi connectivity index (χ0v) is 15.8. The average molecular weight is 401 g/mol. The molecule has 0 spiro atoms. The third kappa shape index (κ3) is 2.62. The molecule has 3 aromatic carbocycles. The first kappa shape index (κ1) is 15.7. The Bertz CT molecular complexity index is 1230. The molecule has 0 unspecified atom stereocenters. The number of hydrogen-bond acceptors (Lipinski definition) is 1. The monoisotopic (exact) mass is 400 g/mol. The van der Waals surface area contributed by atoms with Crippen molar-refractivity contribution in [2.75, 3.05) is 0 Å². The van der Waals surface area contributed by atoms with Crippen molar-refractivity contribution in [1.82, 2.24) is 0 Å². The van der Waals surface area contributed by atoms with Gasteiger partial charge in [0.1, 0.15) is 11.0 Å². The molecular formula is C24H17BrO. The van der Waals surface area contributed by atoms with Crippen LogP contribution >= 0.6 is 15.9 Å². The fourth-order valence-electron chi connectivity index (χ4n) is 3.68. The van der Waals surface area contributed by atoms with Crippen LogP contribution < -0.4 is 10.6 Å². The van der Waals surface area contributed by atoms with Crippen LogP contribution in [0.4, 0.5) is 0 Å². The molecule has 0 bridgehead atoms. The number of benzene rings is 3. The van der Waals surface area contributed by atoms with E-state index < -0.39 is 0 Å². The highest BCUT2D eigenvalue weighted by molar-refractivity contribution is 9.14. The highest BCUT2D eigenvalue weighted by atomic mass is 79.9. The molecule has 0 fully saturated rings. The quantitative estimate of drug-likeness (QED) is 0.411. The van der Waals surface area contributed by atoms with Gasteiger partial charge < -0.3 is 4.42 Å². The van der Waals surface area contributed by atoms with Crippen molar-refractivity contribution < 1.29 is 4.42 Å². The Morgan fingerprint density at radius 1 is 0.731 bits per heavy atom. The molecule has 1 aliphatic rings. The Kier molecular flexibility index (Phi) is 3.79. The van der Waals surface area contributed by atoms with Gasteiger partial charge in [0, 0.05) is 15.1 Å². The summed E-state index contributed by atoms with van der Waals surface area (Å²) < 4.78 is 7.28. The minimum absolute atomic E-state index is 0.952. The van der Waals surface area contributed by atoms with Crippen molar-refractivity contribution in [2.24, 2.45) is 0 Å². The Balaban J connectivity index is 1.69. The van der Waals surface area contributed by atoms with Crippen molar-refractivity contribution >= 4 is 37.5 Å². The number of furan rings is 1. The molecule has 0 atom stereocenters. The zero-order chi connectivity index (χ0) is 17.5. The van der Waals surface area contributed by atoms with Crippen molar-refractivity contribution in [3.05, 3.63) is 83.4 Å². The predicted molar refractivity (Wildman–Crippen MR) is 112 cm³/mol. The fraction of sp³-hybridized carbons (Fsp3) is 0.0833. The molecule has 1 aromatic heterocycles. The van der Waals surface area contributed by atoms with Gasteiger partial charge in [-0.15, -0.1) is 0 Å². The summed E-state index contributed by atoms with van der Waals surface area (Å²) in [5, 5.41) is 2.40. The third-order valence-corrected chi connectivity index (χ3v) is 5.78. The van der Waals surface area contributed by atoms with Gasteiger partial charge in [0.2, 0.25) is 0 Å². The highest BCUT2D eigenvalue weighted by Crippen LogP contribution is 2.28. The first-order valence-electron chi connectivity index (χ1n) is 8.87. The summed E-state index contributed by atoms with van der Waals surface area (Å²) in [6.45, 7) is 0. The molecule has 126 valence electrons. The minimum atomic E-state index is 0.952. The van der Waals surface area contributed by atoms with Gasteiger partial charge in [-0.05, 0) is 59.4 Å². The van der Waals surface area contributed by atoms with E-state index in [1.807, 2.05) is 0 Å². The number of hydrogen-bond donors (Lipinski definition) is 0. The molecule has 0 saturated heterocycles. The van der Waals surface area contributed by atoms with Crippen LogP contribution in [0.5, 0.6) is 0 Å². The largest absolute Gasteiger partial charge is 0.456 e. The highest BCUT2D eigenvalue weighted by Gasteiger charge is 2.11. The Hall–Kier alpha value is -2.58. The fourth-order valence-corrected chi connectivity index (χ4v) is 4.32. The molecule has 1 nitrogen and oxygen atoms in total. The lowest BCUT2D eigenvalue weighted by atomic mass is 9.98. The minimum Gasteiger partial charge on any atom is -0.456 e. The smallest absolute Gasteiger partial charge is 0.135 e. The summed E-state index contributed by atoms with van der Waals surface area (Å²) in [5.74, 6) is 0. The summed E-state index contributed by atoms with van der Waals surface area (Å²) in [6, 6.07) is 25.7. The van der Waals surface area contributed by atoms with Crippen molar-refractivity contribution in [2.45, 2.75) is 12.8 Å². The molecule has 1 heterocycles. The molecular weight excluding hydrogens is 384 g/mol. The Morgan fingerprint density at radius 3 is 2.31 bits per heavy atom. The molecule has 1 aliphatic carbocycles. The van der Waals surface area contributed by atoms with Crippen LogP contribution in [0.1, 0.15) is 12.8 Å². The van der Waals surface area contributed by atoms with Crippen LogP contribution in [0.25, 0.3) is 43.8 Å². The first-order chi connectivity index (χ1) is 12.8. The van der Waals surface area contributed by atoms with E-state index in [2.05, 4.69) is 94.8 Å². The molecule has 2 heteroatoms. The van der Waals surface area contributed by atoms with Gasteiger partial charge in [0.05, 0.1) is 0 Å². The maximum Gasteiger partial charge on any atom is 0.135 e. The van der Waals surface area contributed by atoms with Crippen molar-refractivity contribution in [3.8, 4) is 22.3 Å². The molecule has 0 N–H and O–H groups in total. The Labute approximate surface area is 160 Å². The maximum absolute atomic E-state index is 6.04. The van der Waals surface area contributed by atoms with E-state index in [1.54, 1.807) is 0 Å². The molecule has 0 aliphatic heterocycles. The van der Waals surface area contributed by atoms with Crippen LogP contribution in [0.15, 0.2) is 77.2 Å². The van der Waals surface area contributed by atoms with Crippen LogP contribution in [0.2, 0.25) is 0 Å². The van der Waals surface area contributed by atoms with Gasteiger partial charge in [-0.2, -0.15) is 0 Å². The van der Waals surface area contributed by atoms with E-state index in [9.17, 15) is 0 Å². The zero-order valence-electron chi connectivity index (χ0n) is 14.2. The SMILES string of the molecule is BrC1=c2c(oc3ccc(-c4cccc(-c5ccccc5)c4)cc23)=CCC1. The number of fused-ring (bicyclic) bond motifs is 3. The second-order valence-corrected chi connectivity index (χ2v) is 7.60. The lowest BCUT2D eigenvalue weighted by Crippen LogP contribution is -2.24. The summed E-state index contributed by atoms with van der Waals surface area (Å²) in [5.41, 5.74) is 6.85. The van der Waals surface area contributed by atoms with E-state index in [4.69, 9.17) is 4.42 Å². The Morgan fingerprint density at radius 2 is 1.46 bits per heavy atom. The van der Waals surface area contributed by atoms with E-state index in [0.717, 1.165) is 23.8 Å². The van der Waals surface area contributed by atoms with E-state index in [1.165, 1.54) is 37.3 Å². The molecule has 4 aromatic rings. The number of halogens is 1. The van der Waals surface area contributed by atoms with Crippen molar-refractivity contribution in [1.29, 1.82) is 0 Å². The second kappa shape index (κ2) is 6.30. The molecule has 26 heavy (non-hydrogen) atoms. The van der Waals surface area contributed by atoms with Gasteiger partial charge in [-0.3, -0.25) is 0 Å². The normalized spacial score (nSPS) is 13.5. The molecule has 0 saturated carbocycles. The summed E-state index contributed by atoms with van der Waals surface area (Å²) >= 11 is 3.75. The standard InChI is InChI=1S/C24H17BrO/c25-21-10-5-11-23-24(21)20-15-19(12-13-22(20)26-23)18-9-4-8-17(14-18)16-6-2-1-3-7-16/h1-4,6-9,11-15H,5,10H2. The molecule has 0 amide bonds. The predicted octanol–water partition coefficient (Wildman–Crippen LogP) is 5.84. The molecule has 0 radical (unpaired) electrons. The summed E-state index contributed by atoms with van der Waals surface area (Å²) in [6.07, 6.45) is 4.25. The maximum atomic E-state index is 6.04. The van der Waals surface area contributed by atoms with Crippen LogP contribution in [0.3, 0.4) is 0 Å². The van der Waals surface area contributed by atoms with E-state index in [0.29, 0.717) is 0 Å². The van der Waals surface area contributed by atoms with Crippen LogP contribution in [0, 0.1) is 0 Å². The van der Waals surface area contributed by atoms with E-state index in [-0.39, 0.29) is 0 Å². The average Bonchev–Trinajstić information content (AvgIpc) is 3.08. The van der Waals surface area contributed by atoms with E-state index >= 15 is 0 Å². The number of rotatable bonds is 2. The third-order valence-electron chi connectivity index (χ3n) is 4.98.